The molecule has 0 spiro atoms. The maximum atomic E-state index is 12.9. The monoisotopic (exact) mass is 663 g/mol. The first-order valence-electron chi connectivity index (χ1n) is 11.1. The minimum absolute atomic E-state index is 0.0134. The van der Waals surface area contributed by atoms with E-state index in [1.165, 1.54) is 44.6 Å². The fourth-order valence-corrected chi connectivity index (χ4v) is 4.78. The van der Waals surface area contributed by atoms with E-state index in [-0.39, 0.29) is 47.4 Å². The standard InChI is InChI=1S/C25H19Br2N3O9/c1-36-21-9-13(8-19(30(34)35)22(21)38-12-14-3-4-15(26)10-17(14)27)7-18-23(31)29(25(33)28-18)11-16-5-6-20(39-16)24(32)37-2/h3-10H,11-12H2,1-2H3,(H,28,33)/b18-7-. The number of ether oxygens (including phenoxy) is 3. The molecule has 1 N–H and O–H groups in total. The van der Waals surface area contributed by atoms with Crippen LogP contribution in [0.4, 0.5) is 10.5 Å². The number of hydrogen-bond donors (Lipinski definition) is 1. The molecular weight excluding hydrogens is 646 g/mol. The van der Waals surface area contributed by atoms with Gasteiger partial charge in [0.15, 0.2) is 5.75 Å². The van der Waals surface area contributed by atoms with Crippen molar-refractivity contribution in [2.45, 2.75) is 13.2 Å². The van der Waals surface area contributed by atoms with Gasteiger partial charge in [-0.05, 0) is 42.0 Å². The highest BCUT2D eigenvalue weighted by Crippen LogP contribution is 2.40. The van der Waals surface area contributed by atoms with E-state index < -0.39 is 28.5 Å². The number of nitrogens with zero attached hydrogens (tertiary/aromatic N) is 2. The second kappa shape index (κ2) is 11.7. The molecule has 0 saturated carbocycles. The van der Waals surface area contributed by atoms with E-state index >= 15 is 0 Å². The molecule has 1 aliphatic heterocycles. The van der Waals surface area contributed by atoms with Gasteiger partial charge in [-0.25, -0.2) is 9.59 Å². The van der Waals surface area contributed by atoms with Gasteiger partial charge < -0.3 is 23.9 Å². The van der Waals surface area contributed by atoms with Gasteiger partial charge in [0.2, 0.25) is 11.5 Å². The Balaban J connectivity index is 1.58. The summed E-state index contributed by atoms with van der Waals surface area (Å²) in [5.41, 5.74) is 0.445. The number of carbonyl (C=O) groups is 3. The molecule has 1 fully saturated rings. The van der Waals surface area contributed by atoms with Gasteiger partial charge in [0.1, 0.15) is 18.1 Å². The van der Waals surface area contributed by atoms with Gasteiger partial charge in [-0.15, -0.1) is 0 Å². The number of urea groups is 1. The summed E-state index contributed by atoms with van der Waals surface area (Å²) in [4.78, 5) is 49.1. The molecular formula is C25H19Br2N3O9. The number of carbonyl (C=O) groups excluding carboxylic acids is 3. The SMILES string of the molecule is COC(=O)c1ccc(CN2C(=O)N/C(=C\c3cc(OC)c(OCc4ccc(Br)cc4Br)c([N+](=O)[O-])c3)C2=O)o1. The van der Waals surface area contributed by atoms with Crippen LogP contribution >= 0.6 is 31.9 Å². The van der Waals surface area contributed by atoms with E-state index in [0.29, 0.717) is 0 Å². The molecule has 0 unspecified atom stereocenters. The van der Waals surface area contributed by atoms with Crippen LogP contribution in [-0.4, -0.2) is 42.0 Å². The van der Waals surface area contributed by atoms with Crippen LogP contribution in [0, 0.1) is 10.1 Å². The van der Waals surface area contributed by atoms with Crippen molar-refractivity contribution in [3.8, 4) is 11.5 Å². The van der Waals surface area contributed by atoms with E-state index in [9.17, 15) is 24.5 Å². The molecule has 39 heavy (non-hydrogen) atoms. The third-order valence-electron chi connectivity index (χ3n) is 5.50. The predicted octanol–water partition coefficient (Wildman–Crippen LogP) is 5.18. The summed E-state index contributed by atoms with van der Waals surface area (Å²) in [6, 6.07) is 10.1. The number of methoxy groups -OCH3 is 2. The number of nitro benzene ring substituents is 1. The minimum atomic E-state index is -0.733. The smallest absolute Gasteiger partial charge is 0.373 e. The number of rotatable bonds is 9. The van der Waals surface area contributed by atoms with E-state index in [2.05, 4.69) is 41.9 Å². The molecule has 14 heteroatoms. The molecule has 0 atom stereocenters. The highest BCUT2D eigenvalue weighted by molar-refractivity contribution is 9.11. The van der Waals surface area contributed by atoms with Gasteiger partial charge in [-0.1, -0.05) is 37.9 Å². The van der Waals surface area contributed by atoms with Crippen LogP contribution in [0.15, 0.2) is 61.5 Å². The Morgan fingerprint density at radius 1 is 1.15 bits per heavy atom. The largest absolute Gasteiger partial charge is 0.493 e. The molecule has 1 aromatic heterocycles. The van der Waals surface area contributed by atoms with Crippen LogP contribution in [0.2, 0.25) is 0 Å². The van der Waals surface area contributed by atoms with Crippen molar-refractivity contribution >= 4 is 61.5 Å². The van der Waals surface area contributed by atoms with E-state index in [1.807, 2.05) is 12.1 Å². The quantitative estimate of drug-likeness (QED) is 0.107. The van der Waals surface area contributed by atoms with Crippen molar-refractivity contribution in [1.29, 1.82) is 0 Å². The number of benzene rings is 2. The molecule has 0 radical (unpaired) electrons. The van der Waals surface area contributed by atoms with Gasteiger partial charge >= 0.3 is 17.7 Å². The number of hydrogen-bond acceptors (Lipinski definition) is 9. The number of nitrogens with one attached hydrogen (secondary N) is 1. The second-order valence-corrected chi connectivity index (χ2v) is 9.76. The van der Waals surface area contributed by atoms with Crippen LogP contribution in [0.3, 0.4) is 0 Å². The zero-order valence-corrected chi connectivity index (χ0v) is 23.5. The summed E-state index contributed by atoms with van der Waals surface area (Å²) in [6.45, 7) is -0.236. The van der Waals surface area contributed by atoms with Crippen LogP contribution < -0.4 is 14.8 Å². The molecule has 202 valence electrons. The van der Waals surface area contributed by atoms with Crippen molar-refractivity contribution in [3.63, 3.8) is 0 Å². The molecule has 2 aromatic carbocycles. The van der Waals surface area contributed by atoms with Crippen molar-refractivity contribution in [2.24, 2.45) is 0 Å². The van der Waals surface area contributed by atoms with Crippen LogP contribution in [0.5, 0.6) is 11.5 Å². The van der Waals surface area contributed by atoms with Crippen molar-refractivity contribution in [1.82, 2.24) is 10.2 Å². The normalized spacial score (nSPS) is 13.9. The second-order valence-electron chi connectivity index (χ2n) is 7.99. The van der Waals surface area contributed by atoms with E-state index in [0.717, 1.165) is 19.4 Å². The Morgan fingerprint density at radius 3 is 2.59 bits per heavy atom. The molecule has 1 aliphatic rings. The highest BCUT2D eigenvalue weighted by atomic mass is 79.9. The fourth-order valence-electron chi connectivity index (χ4n) is 3.62. The first kappa shape index (κ1) is 27.9. The Hall–Kier alpha value is -4.17. The Bertz CT molecular complexity index is 1520. The molecule has 12 nitrogen and oxygen atoms in total. The number of esters is 1. The molecule has 1 saturated heterocycles. The van der Waals surface area contributed by atoms with E-state index in [1.54, 1.807) is 6.07 Å². The zero-order valence-electron chi connectivity index (χ0n) is 20.4. The molecule has 3 aromatic rings. The number of nitro groups is 1. The number of amides is 3. The average molecular weight is 665 g/mol. The Kier molecular flexibility index (Phi) is 8.35. The lowest BCUT2D eigenvalue weighted by molar-refractivity contribution is -0.386. The summed E-state index contributed by atoms with van der Waals surface area (Å²) in [7, 11) is 2.52. The first-order chi connectivity index (χ1) is 18.6. The van der Waals surface area contributed by atoms with Gasteiger partial charge in [-0.3, -0.25) is 19.8 Å². The maximum absolute atomic E-state index is 12.9. The van der Waals surface area contributed by atoms with Crippen molar-refractivity contribution < 1.29 is 37.9 Å². The summed E-state index contributed by atoms with van der Waals surface area (Å²) < 4.78 is 22.6. The van der Waals surface area contributed by atoms with Gasteiger partial charge in [-0.2, -0.15) is 0 Å². The molecule has 4 rings (SSSR count). The Labute approximate surface area is 237 Å². The van der Waals surface area contributed by atoms with Crippen LogP contribution in [-0.2, 0) is 22.7 Å². The maximum Gasteiger partial charge on any atom is 0.373 e. The lowest BCUT2D eigenvalue weighted by Gasteiger charge is -2.13. The van der Waals surface area contributed by atoms with Gasteiger partial charge in [0.25, 0.3) is 5.91 Å². The van der Waals surface area contributed by atoms with Gasteiger partial charge in [0, 0.05) is 20.6 Å². The molecule has 3 amide bonds. The summed E-state index contributed by atoms with van der Waals surface area (Å²) in [5.74, 6) is -1.34. The highest BCUT2D eigenvalue weighted by Gasteiger charge is 2.35. The lowest BCUT2D eigenvalue weighted by Crippen LogP contribution is -2.30. The average Bonchev–Trinajstić information content (AvgIpc) is 3.48. The summed E-state index contributed by atoms with van der Waals surface area (Å²) in [6.07, 6.45) is 1.28. The van der Waals surface area contributed by atoms with E-state index in [4.69, 9.17) is 13.9 Å². The minimum Gasteiger partial charge on any atom is -0.493 e. The molecule has 0 bridgehead atoms. The van der Waals surface area contributed by atoms with Crippen molar-refractivity contribution in [3.05, 3.63) is 89.9 Å². The van der Waals surface area contributed by atoms with Gasteiger partial charge in [0.05, 0.1) is 25.7 Å². The third kappa shape index (κ3) is 6.12. The van der Waals surface area contributed by atoms with Crippen LogP contribution in [0.1, 0.15) is 27.4 Å². The summed E-state index contributed by atoms with van der Waals surface area (Å²) in [5, 5.41) is 14.3. The first-order valence-corrected chi connectivity index (χ1v) is 12.6. The van der Waals surface area contributed by atoms with Crippen molar-refractivity contribution in [2.75, 3.05) is 14.2 Å². The zero-order chi connectivity index (χ0) is 28.3. The topological polar surface area (TPSA) is 150 Å². The summed E-state index contributed by atoms with van der Waals surface area (Å²) >= 11 is 6.80. The lowest BCUT2D eigenvalue weighted by atomic mass is 10.1. The molecule has 2 heterocycles. The van der Waals surface area contributed by atoms with Crippen LogP contribution in [0.25, 0.3) is 6.08 Å². The third-order valence-corrected chi connectivity index (χ3v) is 6.73. The number of halogens is 2. The number of imide groups is 1. The number of furan rings is 1. The Morgan fingerprint density at radius 2 is 1.92 bits per heavy atom. The predicted molar refractivity (Wildman–Crippen MR) is 143 cm³/mol. The fraction of sp³-hybridized carbons (Fsp3) is 0.160. The molecule has 0 aliphatic carbocycles.